The third kappa shape index (κ3) is 3.03. The number of phenolic OH excluding ortho intramolecular Hbond substituents is 1. The number of phenols is 1. The molecule has 0 aliphatic heterocycles. The molecule has 94 valence electrons. The second-order valence-electron chi connectivity index (χ2n) is 3.94. The van der Waals surface area contributed by atoms with Gasteiger partial charge in [0.15, 0.2) is 0 Å². The van der Waals surface area contributed by atoms with Crippen molar-refractivity contribution < 1.29 is 10.2 Å². The van der Waals surface area contributed by atoms with Gasteiger partial charge in [-0.25, -0.2) is 0 Å². The Morgan fingerprint density at radius 3 is 2.61 bits per heavy atom. The van der Waals surface area contributed by atoms with Crippen LogP contribution in [0.25, 0.3) is 0 Å². The number of rotatable bonds is 4. The molecule has 2 rings (SSSR count). The Balaban J connectivity index is 2.14. The summed E-state index contributed by atoms with van der Waals surface area (Å²) >= 11 is 3.37. The Labute approximate surface area is 114 Å². The van der Waals surface area contributed by atoms with Crippen LogP contribution in [0.5, 0.6) is 5.75 Å². The van der Waals surface area contributed by atoms with Crippen LogP contribution in [0, 0.1) is 0 Å². The third-order valence-electron chi connectivity index (χ3n) is 2.70. The summed E-state index contributed by atoms with van der Waals surface area (Å²) in [6.07, 6.45) is 0. The zero-order valence-corrected chi connectivity index (χ0v) is 11.3. The smallest absolute Gasteiger partial charge is 0.120 e. The molecule has 0 saturated heterocycles. The van der Waals surface area contributed by atoms with E-state index in [1.807, 2.05) is 30.3 Å². The number of nitrogens with one attached hydrogen (secondary N) is 1. The van der Waals surface area contributed by atoms with E-state index in [0.29, 0.717) is 6.54 Å². The van der Waals surface area contributed by atoms with Gasteiger partial charge in [0.1, 0.15) is 5.75 Å². The summed E-state index contributed by atoms with van der Waals surface area (Å²) in [5.41, 5.74) is 2.52. The number of aliphatic hydroxyl groups is 1. The molecule has 0 unspecified atom stereocenters. The SMILES string of the molecule is OCc1ccccc1NCc1cc(Br)ccc1O. The molecule has 0 atom stereocenters. The van der Waals surface area contributed by atoms with Crippen LogP contribution in [0.15, 0.2) is 46.9 Å². The van der Waals surface area contributed by atoms with Gasteiger partial charge in [-0.3, -0.25) is 0 Å². The number of para-hydroxylation sites is 1. The second kappa shape index (κ2) is 5.89. The number of anilines is 1. The molecule has 0 aliphatic rings. The van der Waals surface area contributed by atoms with Crippen LogP contribution in [-0.4, -0.2) is 10.2 Å². The molecule has 2 aromatic rings. The van der Waals surface area contributed by atoms with Crippen LogP contribution >= 0.6 is 15.9 Å². The number of aromatic hydroxyl groups is 1. The van der Waals surface area contributed by atoms with Crippen LogP contribution < -0.4 is 5.32 Å². The summed E-state index contributed by atoms with van der Waals surface area (Å²) < 4.78 is 0.924. The molecule has 3 N–H and O–H groups in total. The van der Waals surface area contributed by atoms with Crippen LogP contribution in [0.4, 0.5) is 5.69 Å². The predicted molar refractivity (Wildman–Crippen MR) is 75.5 cm³/mol. The van der Waals surface area contributed by atoms with Gasteiger partial charge in [-0.2, -0.15) is 0 Å². The van der Waals surface area contributed by atoms with Crippen molar-refractivity contribution in [3.63, 3.8) is 0 Å². The standard InChI is InChI=1S/C14H14BrNO2/c15-12-5-6-14(18)11(7-12)8-16-13-4-2-1-3-10(13)9-17/h1-7,16-18H,8-9H2. The van der Waals surface area contributed by atoms with E-state index in [-0.39, 0.29) is 12.4 Å². The molecule has 18 heavy (non-hydrogen) atoms. The largest absolute Gasteiger partial charge is 0.508 e. The first-order valence-corrected chi connectivity index (χ1v) is 6.40. The van der Waals surface area contributed by atoms with E-state index in [9.17, 15) is 10.2 Å². The first-order chi connectivity index (χ1) is 8.70. The summed E-state index contributed by atoms with van der Waals surface area (Å²) in [7, 11) is 0. The van der Waals surface area contributed by atoms with Crippen LogP contribution in [0.3, 0.4) is 0 Å². The highest BCUT2D eigenvalue weighted by Crippen LogP contribution is 2.23. The molecule has 0 radical (unpaired) electrons. The van der Waals surface area contributed by atoms with Crippen molar-refractivity contribution in [1.29, 1.82) is 0 Å². The lowest BCUT2D eigenvalue weighted by Crippen LogP contribution is -2.02. The number of hydrogen-bond acceptors (Lipinski definition) is 3. The van der Waals surface area contributed by atoms with Crippen LogP contribution in [0.1, 0.15) is 11.1 Å². The lowest BCUT2D eigenvalue weighted by molar-refractivity contribution is 0.282. The lowest BCUT2D eigenvalue weighted by atomic mass is 10.1. The normalized spacial score (nSPS) is 10.3. The van der Waals surface area contributed by atoms with Gasteiger partial charge in [0, 0.05) is 27.8 Å². The molecule has 3 nitrogen and oxygen atoms in total. The predicted octanol–water partition coefficient (Wildman–Crippen LogP) is 3.26. The highest BCUT2D eigenvalue weighted by molar-refractivity contribution is 9.10. The number of halogens is 1. The van der Waals surface area contributed by atoms with Gasteiger partial charge in [-0.05, 0) is 24.3 Å². The van der Waals surface area contributed by atoms with Crippen molar-refractivity contribution in [2.24, 2.45) is 0 Å². The maximum absolute atomic E-state index is 9.73. The summed E-state index contributed by atoms with van der Waals surface area (Å²) in [6.45, 7) is 0.496. The maximum Gasteiger partial charge on any atom is 0.120 e. The first-order valence-electron chi connectivity index (χ1n) is 5.60. The number of benzene rings is 2. The van der Waals surface area contributed by atoms with E-state index in [0.717, 1.165) is 21.3 Å². The highest BCUT2D eigenvalue weighted by atomic mass is 79.9. The summed E-state index contributed by atoms with van der Waals surface area (Å²) in [5.74, 6) is 0.257. The molecule has 0 aromatic heterocycles. The van der Waals surface area contributed by atoms with Gasteiger partial charge < -0.3 is 15.5 Å². The van der Waals surface area contributed by atoms with E-state index in [2.05, 4.69) is 21.2 Å². The van der Waals surface area contributed by atoms with Gasteiger partial charge in [0.25, 0.3) is 0 Å². The van der Waals surface area contributed by atoms with E-state index in [1.165, 1.54) is 0 Å². The first kappa shape index (κ1) is 12.9. The van der Waals surface area contributed by atoms with E-state index in [4.69, 9.17) is 0 Å². The molecule has 0 aliphatic carbocycles. The summed E-state index contributed by atoms with van der Waals surface area (Å²) in [4.78, 5) is 0. The summed E-state index contributed by atoms with van der Waals surface area (Å²) in [5, 5.41) is 22.2. The fraction of sp³-hybridized carbons (Fsp3) is 0.143. The van der Waals surface area contributed by atoms with Crippen molar-refractivity contribution in [1.82, 2.24) is 0 Å². The third-order valence-corrected chi connectivity index (χ3v) is 3.19. The van der Waals surface area contributed by atoms with Crippen LogP contribution in [0.2, 0.25) is 0 Å². The molecule has 0 spiro atoms. The molecule has 0 saturated carbocycles. The van der Waals surface area contributed by atoms with Gasteiger partial charge >= 0.3 is 0 Å². The van der Waals surface area contributed by atoms with Crippen molar-refractivity contribution in [3.8, 4) is 5.75 Å². The quantitative estimate of drug-likeness (QED) is 0.812. The van der Waals surface area contributed by atoms with Crippen LogP contribution in [-0.2, 0) is 13.2 Å². The Hall–Kier alpha value is -1.52. The maximum atomic E-state index is 9.73. The molecular formula is C14H14BrNO2. The van der Waals surface area contributed by atoms with E-state index in [1.54, 1.807) is 12.1 Å². The average molecular weight is 308 g/mol. The van der Waals surface area contributed by atoms with Crippen molar-refractivity contribution >= 4 is 21.6 Å². The van der Waals surface area contributed by atoms with Crippen molar-refractivity contribution in [2.45, 2.75) is 13.2 Å². The van der Waals surface area contributed by atoms with Gasteiger partial charge in [-0.15, -0.1) is 0 Å². The molecule has 0 amide bonds. The van der Waals surface area contributed by atoms with Gasteiger partial charge in [0.2, 0.25) is 0 Å². The minimum absolute atomic E-state index is 0.00631. The number of aliphatic hydroxyl groups excluding tert-OH is 1. The molecule has 0 heterocycles. The minimum Gasteiger partial charge on any atom is -0.508 e. The van der Waals surface area contributed by atoms with Crippen molar-refractivity contribution in [2.75, 3.05) is 5.32 Å². The Morgan fingerprint density at radius 2 is 1.83 bits per heavy atom. The zero-order valence-electron chi connectivity index (χ0n) is 9.73. The van der Waals surface area contributed by atoms with E-state index < -0.39 is 0 Å². The van der Waals surface area contributed by atoms with Crippen molar-refractivity contribution in [3.05, 3.63) is 58.1 Å². The minimum atomic E-state index is -0.00631. The lowest BCUT2D eigenvalue weighted by Gasteiger charge is -2.11. The Bertz CT molecular complexity index is 543. The Kier molecular flexibility index (Phi) is 4.23. The topological polar surface area (TPSA) is 52.5 Å². The van der Waals surface area contributed by atoms with Gasteiger partial charge in [-0.1, -0.05) is 34.1 Å². The average Bonchev–Trinajstić information content (AvgIpc) is 2.40. The van der Waals surface area contributed by atoms with E-state index >= 15 is 0 Å². The van der Waals surface area contributed by atoms with Gasteiger partial charge in [0.05, 0.1) is 6.61 Å². The fourth-order valence-electron chi connectivity index (χ4n) is 1.72. The molecule has 0 fully saturated rings. The summed E-state index contributed by atoms with van der Waals surface area (Å²) in [6, 6.07) is 12.9. The molecular weight excluding hydrogens is 294 g/mol. The highest BCUT2D eigenvalue weighted by Gasteiger charge is 2.04. The molecule has 0 bridgehead atoms. The zero-order chi connectivity index (χ0) is 13.0. The molecule has 2 aromatic carbocycles. The second-order valence-corrected chi connectivity index (χ2v) is 4.86. The Morgan fingerprint density at radius 1 is 1.06 bits per heavy atom. The monoisotopic (exact) mass is 307 g/mol. The molecule has 4 heteroatoms. The number of hydrogen-bond donors (Lipinski definition) is 3. The fourth-order valence-corrected chi connectivity index (χ4v) is 2.13.